The van der Waals surface area contributed by atoms with E-state index in [1.54, 1.807) is 29.4 Å². The number of piperidine rings is 1. The molecule has 4 rings (SSSR count). The second-order valence-corrected chi connectivity index (χ2v) is 6.14. The van der Waals surface area contributed by atoms with Crippen LogP contribution in [0.5, 0.6) is 0 Å². The lowest BCUT2D eigenvalue weighted by Gasteiger charge is -2.29. The number of H-pyrrole nitrogens is 1. The summed E-state index contributed by atoms with van der Waals surface area (Å²) in [6.07, 6.45) is 6.77. The Morgan fingerprint density at radius 1 is 1.23 bits per heavy atom. The molecule has 4 heterocycles. The maximum absolute atomic E-state index is 13.0. The normalized spacial score (nSPS) is 17.5. The van der Waals surface area contributed by atoms with E-state index in [0.29, 0.717) is 24.7 Å². The molecule has 132 valence electrons. The van der Waals surface area contributed by atoms with E-state index in [1.807, 2.05) is 0 Å². The van der Waals surface area contributed by atoms with Gasteiger partial charge in [-0.2, -0.15) is 19.6 Å². The quantitative estimate of drug-likeness (QED) is 0.718. The van der Waals surface area contributed by atoms with Crippen molar-refractivity contribution < 1.29 is 9.18 Å². The number of nitrogens with one attached hydrogen (secondary N) is 1. The monoisotopic (exact) mass is 353 g/mol. The molecule has 0 radical (unpaired) electrons. The van der Waals surface area contributed by atoms with Gasteiger partial charge in [0.15, 0.2) is 5.82 Å². The minimum absolute atomic E-state index is 0.0287. The van der Waals surface area contributed by atoms with E-state index in [1.165, 1.54) is 12.3 Å². The van der Waals surface area contributed by atoms with Gasteiger partial charge in [0.1, 0.15) is 0 Å². The maximum atomic E-state index is 13.0. The van der Waals surface area contributed by atoms with Gasteiger partial charge in [0, 0.05) is 24.2 Å². The predicted octanol–water partition coefficient (Wildman–Crippen LogP) is 1.78. The van der Waals surface area contributed by atoms with Gasteiger partial charge in [-0.05, 0) is 37.0 Å². The van der Waals surface area contributed by atoms with Gasteiger partial charge in [0.2, 0.25) is 11.9 Å². The zero-order chi connectivity index (χ0) is 17.9. The number of aromatic nitrogens is 6. The Bertz CT molecular complexity index is 897. The highest BCUT2D eigenvalue weighted by atomic mass is 19.1. The summed E-state index contributed by atoms with van der Waals surface area (Å²) in [4.78, 5) is 22.5. The molecule has 3 aromatic rings. The van der Waals surface area contributed by atoms with Gasteiger partial charge in [-0.25, -0.2) is 4.98 Å². The van der Waals surface area contributed by atoms with Crippen LogP contribution in [0, 0.1) is 11.9 Å². The molecule has 1 fully saturated rings. The van der Waals surface area contributed by atoms with Crippen molar-refractivity contribution in [3.05, 3.63) is 48.3 Å². The van der Waals surface area contributed by atoms with Gasteiger partial charge in [0.05, 0.1) is 12.4 Å². The van der Waals surface area contributed by atoms with Crippen LogP contribution in [-0.2, 0) is 11.2 Å². The molecule has 8 nitrogen and oxygen atoms in total. The number of rotatable bonds is 4. The predicted molar refractivity (Wildman–Crippen MR) is 90.4 cm³/mol. The lowest BCUT2D eigenvalue weighted by atomic mass is 9.91. The summed E-state index contributed by atoms with van der Waals surface area (Å²) in [5.74, 6) is 0.139. The summed E-state index contributed by atoms with van der Waals surface area (Å²) in [5, 5.41) is 14.6. The van der Waals surface area contributed by atoms with E-state index in [2.05, 4.69) is 30.4 Å². The fourth-order valence-electron chi connectivity index (χ4n) is 3.08. The van der Waals surface area contributed by atoms with Gasteiger partial charge in [-0.3, -0.25) is 14.8 Å². The second kappa shape index (κ2) is 6.95. The van der Waals surface area contributed by atoms with Crippen molar-refractivity contribution in [3.63, 3.8) is 0 Å². The zero-order valence-corrected chi connectivity index (χ0v) is 13.8. The average Bonchev–Trinajstić information content (AvgIpc) is 3.16. The molecule has 3 aromatic heterocycles. The summed E-state index contributed by atoms with van der Waals surface area (Å²) in [7, 11) is 0. The van der Waals surface area contributed by atoms with Crippen LogP contribution >= 0.6 is 0 Å². The number of carbonyl (C=O) groups excluding carboxylic acids is 1. The lowest BCUT2D eigenvalue weighted by Crippen LogP contribution is -2.42. The number of halogens is 1. The number of carbonyl (C=O) groups is 1. The van der Waals surface area contributed by atoms with Crippen molar-refractivity contribution in [1.29, 1.82) is 0 Å². The smallest absolute Gasteiger partial charge is 0.251 e. The van der Waals surface area contributed by atoms with Crippen LogP contribution in [-0.4, -0.2) is 42.8 Å². The number of hydrogen-bond acceptors (Lipinski definition) is 6. The molecule has 0 spiro atoms. The van der Waals surface area contributed by atoms with Gasteiger partial charge in [0.25, 0.3) is 5.95 Å². The molecule has 1 unspecified atom stereocenters. The van der Waals surface area contributed by atoms with Gasteiger partial charge in [-0.1, -0.05) is 6.07 Å². The van der Waals surface area contributed by atoms with Crippen LogP contribution in [0.25, 0.3) is 11.4 Å². The first kappa shape index (κ1) is 16.2. The molecule has 0 saturated carbocycles. The number of amides is 1. The van der Waals surface area contributed by atoms with Crippen LogP contribution in [0.3, 0.4) is 0 Å². The average molecular weight is 353 g/mol. The van der Waals surface area contributed by atoms with E-state index in [9.17, 15) is 9.18 Å². The molecule has 0 bridgehead atoms. The van der Waals surface area contributed by atoms with Crippen molar-refractivity contribution in [3.8, 4) is 11.4 Å². The molecule has 1 aliphatic heterocycles. The first-order chi connectivity index (χ1) is 12.7. The molecule has 1 N–H and O–H groups in total. The molecule has 26 heavy (non-hydrogen) atoms. The standard InChI is InChI=1S/C17H16FN7O/c18-14-4-3-11(9-19-14)8-12-2-1-7-25(16(12)26)17-22-15(23-24-17)13-5-6-20-21-10-13/h3-6,9-10,12H,1-2,7-8H2,(H,22,23,24). The Morgan fingerprint density at radius 2 is 2.15 bits per heavy atom. The third kappa shape index (κ3) is 3.28. The summed E-state index contributed by atoms with van der Waals surface area (Å²) in [6, 6.07) is 4.74. The van der Waals surface area contributed by atoms with Crippen molar-refractivity contribution in [1.82, 2.24) is 30.4 Å². The minimum atomic E-state index is -0.524. The third-order valence-corrected chi connectivity index (χ3v) is 4.39. The van der Waals surface area contributed by atoms with Gasteiger partial charge < -0.3 is 0 Å². The van der Waals surface area contributed by atoms with Crippen LogP contribution in [0.4, 0.5) is 10.3 Å². The molecular formula is C17H16FN7O. The number of aromatic amines is 1. The second-order valence-electron chi connectivity index (χ2n) is 6.14. The number of anilines is 1. The first-order valence-corrected chi connectivity index (χ1v) is 8.32. The van der Waals surface area contributed by atoms with Crippen LogP contribution in [0.2, 0.25) is 0 Å². The number of hydrogen-bond donors (Lipinski definition) is 1. The summed E-state index contributed by atoms with van der Waals surface area (Å²) in [5.41, 5.74) is 1.59. The number of pyridine rings is 1. The van der Waals surface area contributed by atoms with Crippen molar-refractivity contribution in [2.75, 3.05) is 11.4 Å². The van der Waals surface area contributed by atoms with Crippen LogP contribution in [0.1, 0.15) is 18.4 Å². The third-order valence-electron chi connectivity index (χ3n) is 4.39. The molecule has 0 aliphatic carbocycles. The van der Waals surface area contributed by atoms with Crippen molar-refractivity contribution >= 4 is 11.9 Å². The molecule has 1 aliphatic rings. The van der Waals surface area contributed by atoms with E-state index in [-0.39, 0.29) is 11.8 Å². The number of nitrogens with zero attached hydrogens (tertiary/aromatic N) is 6. The van der Waals surface area contributed by atoms with E-state index < -0.39 is 5.95 Å². The van der Waals surface area contributed by atoms with E-state index in [4.69, 9.17) is 0 Å². The summed E-state index contributed by atoms with van der Waals surface area (Å²) >= 11 is 0. The molecule has 0 aromatic carbocycles. The Balaban J connectivity index is 1.51. The SMILES string of the molecule is O=C1C(Cc2ccc(F)nc2)CCCN1c1n[nH]c(-c2ccnnc2)n1. The highest BCUT2D eigenvalue weighted by Crippen LogP contribution is 2.26. The van der Waals surface area contributed by atoms with Crippen LogP contribution in [0.15, 0.2) is 36.8 Å². The van der Waals surface area contributed by atoms with Gasteiger partial charge >= 0.3 is 0 Å². The molecule has 1 amide bonds. The zero-order valence-electron chi connectivity index (χ0n) is 13.8. The highest BCUT2D eigenvalue weighted by Gasteiger charge is 2.32. The lowest BCUT2D eigenvalue weighted by molar-refractivity contribution is -0.123. The topological polar surface area (TPSA) is 101 Å². The fraction of sp³-hybridized carbons (Fsp3) is 0.294. The fourth-order valence-corrected chi connectivity index (χ4v) is 3.08. The Hall–Kier alpha value is -3.23. The Kier molecular flexibility index (Phi) is 4.34. The van der Waals surface area contributed by atoms with E-state index >= 15 is 0 Å². The first-order valence-electron chi connectivity index (χ1n) is 8.32. The van der Waals surface area contributed by atoms with Gasteiger partial charge in [-0.15, -0.1) is 5.10 Å². The largest absolute Gasteiger partial charge is 0.279 e. The summed E-state index contributed by atoms with van der Waals surface area (Å²) < 4.78 is 13.0. The minimum Gasteiger partial charge on any atom is -0.279 e. The van der Waals surface area contributed by atoms with Crippen LogP contribution < -0.4 is 4.90 Å². The van der Waals surface area contributed by atoms with E-state index in [0.717, 1.165) is 24.0 Å². The van der Waals surface area contributed by atoms with Crippen molar-refractivity contribution in [2.24, 2.45) is 5.92 Å². The Labute approximate surface area is 148 Å². The molecular weight excluding hydrogens is 337 g/mol. The highest BCUT2D eigenvalue weighted by molar-refractivity contribution is 5.94. The molecule has 1 saturated heterocycles. The summed E-state index contributed by atoms with van der Waals surface area (Å²) in [6.45, 7) is 0.572. The maximum Gasteiger partial charge on any atom is 0.251 e. The molecule has 1 atom stereocenters. The van der Waals surface area contributed by atoms with Crippen molar-refractivity contribution in [2.45, 2.75) is 19.3 Å². The molecule has 9 heteroatoms. The Morgan fingerprint density at radius 3 is 2.92 bits per heavy atom.